The largest absolute Gasteiger partial charge is 0.248 e. The predicted octanol–water partition coefficient (Wildman–Crippen LogP) is 11.2. The van der Waals surface area contributed by atoms with Gasteiger partial charge in [0.25, 0.3) is 0 Å². The molecule has 0 amide bonds. The lowest BCUT2D eigenvalue weighted by Gasteiger charge is -2.19. The highest BCUT2D eigenvalue weighted by Gasteiger charge is 2.17. The minimum absolute atomic E-state index is 1.01. The van der Waals surface area contributed by atoms with Crippen molar-refractivity contribution in [3.05, 3.63) is 198 Å². The van der Waals surface area contributed by atoms with Gasteiger partial charge in [0.1, 0.15) is 0 Å². The molecular weight excluding hydrogens is 530 g/mol. The zero-order valence-corrected chi connectivity index (χ0v) is 24.2. The Labute approximate surface area is 257 Å². The second-order valence-corrected chi connectivity index (χ2v) is 11.1. The lowest BCUT2D eigenvalue weighted by Crippen LogP contribution is -1.98. The van der Waals surface area contributed by atoms with Gasteiger partial charge in [0.2, 0.25) is 0 Å². The molecule has 0 aliphatic rings. The fourth-order valence-corrected chi connectivity index (χ4v) is 6.43. The molecule has 0 atom stereocenters. The van der Waals surface area contributed by atoms with Crippen LogP contribution < -0.4 is 0 Å². The Bertz CT molecular complexity index is 2260. The summed E-state index contributed by atoms with van der Waals surface area (Å²) in [6, 6.07) is 62.9. The highest BCUT2D eigenvalue weighted by Crippen LogP contribution is 2.40. The van der Waals surface area contributed by atoms with E-state index in [-0.39, 0.29) is 0 Å². The van der Waals surface area contributed by atoms with E-state index in [9.17, 15) is 0 Å². The van der Waals surface area contributed by atoms with Gasteiger partial charge in [0, 0.05) is 10.8 Å². The Morgan fingerprint density at radius 1 is 0.341 bits per heavy atom. The van der Waals surface area contributed by atoms with Crippen LogP contribution in [0.3, 0.4) is 0 Å². The second-order valence-electron chi connectivity index (χ2n) is 11.1. The quantitative estimate of drug-likeness (QED) is 0.116. The number of pyridine rings is 1. The van der Waals surface area contributed by atoms with Crippen molar-refractivity contribution in [2.45, 2.75) is 0 Å². The van der Waals surface area contributed by atoms with E-state index >= 15 is 0 Å². The Morgan fingerprint density at radius 2 is 0.864 bits per heavy atom. The van der Waals surface area contributed by atoms with Gasteiger partial charge in [-0.2, -0.15) is 0 Å². The molecule has 0 saturated carbocycles. The first-order valence-electron chi connectivity index (χ1n) is 15.1. The highest BCUT2D eigenvalue weighted by molar-refractivity contribution is 6.15. The number of hydrogen-bond acceptors (Lipinski definition) is 1. The lowest BCUT2D eigenvalue weighted by atomic mass is 9.84. The topological polar surface area (TPSA) is 12.9 Å². The fourth-order valence-electron chi connectivity index (χ4n) is 6.43. The highest BCUT2D eigenvalue weighted by atomic mass is 14.7. The van der Waals surface area contributed by atoms with Crippen LogP contribution in [0.1, 0.15) is 22.3 Å². The van der Waals surface area contributed by atoms with Crippen LogP contribution in [0.25, 0.3) is 54.9 Å². The van der Waals surface area contributed by atoms with E-state index in [1.807, 2.05) is 0 Å². The van der Waals surface area contributed by atoms with Gasteiger partial charge in [-0.15, -0.1) is 0 Å². The fraction of sp³-hybridized carbons (Fsp3) is 0. The van der Waals surface area contributed by atoms with Gasteiger partial charge in [0.15, 0.2) is 0 Å². The molecule has 0 N–H and O–H groups in total. The summed E-state index contributed by atoms with van der Waals surface area (Å²) in [6.45, 7) is 0. The summed E-state index contributed by atoms with van der Waals surface area (Å²) in [5, 5.41) is 4.79. The number of hydrogen-bond donors (Lipinski definition) is 0. The Hall–Kier alpha value is -5.79. The SMILES string of the molecule is c1ccc(C(=C(c2ccccc2)c2cccc(-c3cc4nc5ccccc5cc4c4ccccc34)c2)c2ccccc2)cc1. The predicted molar refractivity (Wildman–Crippen MR) is 187 cm³/mol. The van der Waals surface area contributed by atoms with Crippen molar-refractivity contribution in [1.29, 1.82) is 0 Å². The van der Waals surface area contributed by atoms with Crippen molar-refractivity contribution in [2.75, 3.05) is 0 Å². The van der Waals surface area contributed by atoms with E-state index in [1.54, 1.807) is 0 Å². The smallest absolute Gasteiger partial charge is 0.0722 e. The van der Waals surface area contributed by atoms with E-state index in [0.29, 0.717) is 0 Å². The summed E-state index contributed by atoms with van der Waals surface area (Å²) in [6.07, 6.45) is 0. The van der Waals surface area contributed by atoms with Gasteiger partial charge >= 0.3 is 0 Å². The Morgan fingerprint density at radius 3 is 1.52 bits per heavy atom. The molecule has 7 aromatic carbocycles. The van der Waals surface area contributed by atoms with Gasteiger partial charge < -0.3 is 0 Å². The van der Waals surface area contributed by atoms with E-state index in [2.05, 4.69) is 176 Å². The number of benzene rings is 7. The molecule has 0 aliphatic carbocycles. The van der Waals surface area contributed by atoms with Crippen molar-refractivity contribution in [1.82, 2.24) is 4.98 Å². The van der Waals surface area contributed by atoms with Crippen LogP contribution in [0.15, 0.2) is 176 Å². The average Bonchev–Trinajstić information content (AvgIpc) is 3.10. The molecule has 8 aromatic rings. The first-order valence-corrected chi connectivity index (χ1v) is 15.1. The lowest BCUT2D eigenvalue weighted by molar-refractivity contribution is 1.49. The van der Waals surface area contributed by atoms with Gasteiger partial charge in [-0.25, -0.2) is 4.98 Å². The van der Waals surface area contributed by atoms with Gasteiger partial charge in [-0.05, 0) is 79.6 Å². The minimum Gasteiger partial charge on any atom is -0.248 e. The van der Waals surface area contributed by atoms with E-state index in [0.717, 1.165) is 16.4 Å². The van der Waals surface area contributed by atoms with Gasteiger partial charge in [0.05, 0.1) is 11.0 Å². The van der Waals surface area contributed by atoms with Crippen LogP contribution in [0, 0.1) is 0 Å². The Balaban J connectivity index is 1.42. The van der Waals surface area contributed by atoms with Crippen LogP contribution in [0.2, 0.25) is 0 Å². The maximum Gasteiger partial charge on any atom is 0.0722 e. The molecule has 0 radical (unpaired) electrons. The molecule has 0 fully saturated rings. The van der Waals surface area contributed by atoms with Crippen molar-refractivity contribution < 1.29 is 0 Å². The molecule has 0 saturated heterocycles. The molecule has 0 aliphatic heterocycles. The molecule has 1 aromatic heterocycles. The first kappa shape index (κ1) is 25.9. The summed E-state index contributed by atoms with van der Waals surface area (Å²) >= 11 is 0. The maximum absolute atomic E-state index is 5.12. The van der Waals surface area contributed by atoms with E-state index < -0.39 is 0 Å². The molecular formula is C43H29N. The number of para-hydroxylation sites is 1. The number of nitrogens with zero attached hydrogens (tertiary/aromatic N) is 1. The summed E-state index contributed by atoms with van der Waals surface area (Å²) in [5.41, 5.74) is 11.5. The number of rotatable bonds is 5. The molecule has 0 spiro atoms. The zero-order valence-electron chi connectivity index (χ0n) is 24.2. The summed E-state index contributed by atoms with van der Waals surface area (Å²) in [5.74, 6) is 0. The maximum atomic E-state index is 5.12. The van der Waals surface area contributed by atoms with Gasteiger partial charge in [-0.3, -0.25) is 0 Å². The zero-order chi connectivity index (χ0) is 29.3. The third-order valence-corrected chi connectivity index (χ3v) is 8.44. The first-order chi connectivity index (χ1) is 21.8. The summed E-state index contributed by atoms with van der Waals surface area (Å²) in [4.78, 5) is 5.12. The number of aromatic nitrogens is 1. The molecule has 206 valence electrons. The molecule has 8 rings (SSSR count). The van der Waals surface area contributed by atoms with Gasteiger partial charge in [-0.1, -0.05) is 152 Å². The third-order valence-electron chi connectivity index (χ3n) is 8.44. The molecule has 1 heteroatoms. The van der Waals surface area contributed by atoms with Crippen molar-refractivity contribution in [2.24, 2.45) is 0 Å². The summed E-state index contributed by atoms with van der Waals surface area (Å²) < 4.78 is 0. The van der Waals surface area contributed by atoms with Crippen LogP contribution in [0.4, 0.5) is 0 Å². The van der Waals surface area contributed by atoms with E-state index in [4.69, 9.17) is 4.98 Å². The van der Waals surface area contributed by atoms with Crippen LogP contribution in [-0.4, -0.2) is 4.98 Å². The standard InChI is InChI=1S/C43H29N/c1-4-15-30(16-5-1)42(31-17-6-2-7-18-31)43(32-19-8-3-9-20-32)35-23-14-22-33(27-35)38-29-41-39(37-25-12-11-24-36(37)38)28-34-21-10-13-26-40(34)44-41/h1-29H. The van der Waals surface area contributed by atoms with E-state index in [1.165, 1.54) is 60.7 Å². The van der Waals surface area contributed by atoms with Crippen molar-refractivity contribution in [3.8, 4) is 11.1 Å². The monoisotopic (exact) mass is 559 g/mol. The Kier molecular flexibility index (Phi) is 6.55. The van der Waals surface area contributed by atoms with Crippen LogP contribution in [-0.2, 0) is 0 Å². The van der Waals surface area contributed by atoms with Crippen molar-refractivity contribution >= 4 is 43.7 Å². The second kappa shape index (κ2) is 11.1. The third kappa shape index (κ3) is 4.65. The van der Waals surface area contributed by atoms with Crippen LogP contribution >= 0.6 is 0 Å². The average molecular weight is 560 g/mol. The molecule has 0 unspecified atom stereocenters. The van der Waals surface area contributed by atoms with Crippen LogP contribution in [0.5, 0.6) is 0 Å². The summed E-state index contributed by atoms with van der Waals surface area (Å²) in [7, 11) is 0. The normalized spacial score (nSPS) is 11.2. The number of fused-ring (bicyclic) bond motifs is 4. The molecule has 1 heterocycles. The minimum atomic E-state index is 1.01. The molecule has 1 nitrogen and oxygen atoms in total. The van der Waals surface area contributed by atoms with Crippen molar-refractivity contribution in [3.63, 3.8) is 0 Å². The molecule has 0 bridgehead atoms. The molecule has 44 heavy (non-hydrogen) atoms.